The monoisotopic (exact) mass is 229 g/mol. The lowest BCUT2D eigenvalue weighted by Gasteiger charge is -2.15. The Balaban J connectivity index is 1.58. The van der Waals surface area contributed by atoms with Crippen LogP contribution in [0.3, 0.4) is 0 Å². The predicted octanol–water partition coefficient (Wildman–Crippen LogP) is 2.76. The molecule has 2 fully saturated rings. The van der Waals surface area contributed by atoms with E-state index in [-0.39, 0.29) is 6.04 Å². The highest BCUT2D eigenvalue weighted by Crippen LogP contribution is 2.61. The normalized spacial score (nSPS) is 35.5. The van der Waals surface area contributed by atoms with Gasteiger partial charge in [0.25, 0.3) is 0 Å². The van der Waals surface area contributed by atoms with E-state index in [2.05, 4.69) is 18.2 Å². The minimum atomic E-state index is 0.260. The van der Waals surface area contributed by atoms with E-state index in [1.165, 1.54) is 36.0 Å². The second-order valence-corrected chi connectivity index (χ2v) is 5.88. The van der Waals surface area contributed by atoms with Crippen molar-refractivity contribution in [1.82, 2.24) is 0 Å². The Labute approximate surface area is 102 Å². The van der Waals surface area contributed by atoms with Gasteiger partial charge in [0.1, 0.15) is 0 Å². The topological polar surface area (TPSA) is 35.2 Å². The molecule has 2 N–H and O–H groups in total. The number of nitrogens with two attached hydrogens (primary N) is 1. The van der Waals surface area contributed by atoms with Crippen LogP contribution in [-0.4, -0.2) is 0 Å². The predicted molar refractivity (Wildman–Crippen MR) is 66.2 cm³/mol. The summed E-state index contributed by atoms with van der Waals surface area (Å²) >= 11 is 0. The molecule has 1 aliphatic heterocycles. The average Bonchev–Trinajstić information content (AvgIpc) is 2.75. The molecule has 0 amide bonds. The highest BCUT2D eigenvalue weighted by atomic mass is 16.5. The van der Waals surface area contributed by atoms with Gasteiger partial charge in [0.05, 0.1) is 13.2 Å². The first kappa shape index (κ1) is 10.1. The maximum atomic E-state index is 6.44. The van der Waals surface area contributed by atoms with Crippen molar-refractivity contribution in [3.63, 3.8) is 0 Å². The highest BCUT2D eigenvalue weighted by molar-refractivity contribution is 5.35. The number of benzene rings is 1. The first-order valence-corrected chi connectivity index (χ1v) is 6.79. The van der Waals surface area contributed by atoms with Gasteiger partial charge in [0, 0.05) is 6.04 Å². The molecule has 2 nitrogen and oxygen atoms in total. The Morgan fingerprint density at radius 3 is 2.71 bits per heavy atom. The van der Waals surface area contributed by atoms with Crippen LogP contribution in [0.2, 0.25) is 0 Å². The van der Waals surface area contributed by atoms with Gasteiger partial charge in [-0.05, 0) is 47.3 Å². The van der Waals surface area contributed by atoms with Gasteiger partial charge in [-0.15, -0.1) is 0 Å². The number of rotatable bonds is 2. The molecule has 3 aliphatic rings. The highest BCUT2D eigenvalue weighted by Gasteiger charge is 2.55. The molecule has 0 radical (unpaired) electrons. The van der Waals surface area contributed by atoms with Gasteiger partial charge in [-0.2, -0.15) is 0 Å². The van der Waals surface area contributed by atoms with Crippen molar-refractivity contribution >= 4 is 0 Å². The van der Waals surface area contributed by atoms with Crippen LogP contribution in [0, 0.1) is 17.8 Å². The van der Waals surface area contributed by atoms with Crippen LogP contribution in [0.4, 0.5) is 0 Å². The molecule has 0 saturated heterocycles. The Morgan fingerprint density at radius 1 is 1.12 bits per heavy atom. The van der Waals surface area contributed by atoms with Crippen LogP contribution in [-0.2, 0) is 18.0 Å². The number of hydrogen-bond acceptors (Lipinski definition) is 2. The molecule has 1 heterocycles. The molecular formula is C15H19NO. The van der Waals surface area contributed by atoms with E-state index in [1.54, 1.807) is 0 Å². The third-order valence-electron chi connectivity index (χ3n) is 5.02. The quantitative estimate of drug-likeness (QED) is 0.846. The molecule has 0 bridgehead atoms. The summed E-state index contributed by atoms with van der Waals surface area (Å²) in [6, 6.07) is 6.96. The number of hydrogen-bond donors (Lipinski definition) is 1. The Morgan fingerprint density at radius 2 is 1.88 bits per heavy atom. The minimum absolute atomic E-state index is 0.260. The summed E-state index contributed by atoms with van der Waals surface area (Å²) < 4.78 is 5.46. The largest absolute Gasteiger partial charge is 0.372 e. The molecule has 2 heteroatoms. The van der Waals surface area contributed by atoms with Crippen molar-refractivity contribution in [2.75, 3.05) is 0 Å². The third-order valence-corrected chi connectivity index (χ3v) is 5.02. The zero-order valence-corrected chi connectivity index (χ0v) is 10.1. The van der Waals surface area contributed by atoms with E-state index in [9.17, 15) is 0 Å². The molecular weight excluding hydrogens is 210 g/mol. The fraction of sp³-hybridized carbons (Fsp3) is 0.600. The summed E-state index contributed by atoms with van der Waals surface area (Å²) in [5, 5.41) is 0. The van der Waals surface area contributed by atoms with Gasteiger partial charge in [-0.1, -0.05) is 24.6 Å². The molecule has 17 heavy (non-hydrogen) atoms. The molecule has 2 aliphatic carbocycles. The second-order valence-electron chi connectivity index (χ2n) is 5.88. The molecule has 0 spiro atoms. The lowest BCUT2D eigenvalue weighted by atomic mass is 9.95. The second kappa shape index (κ2) is 3.56. The van der Waals surface area contributed by atoms with Crippen molar-refractivity contribution in [2.45, 2.75) is 38.5 Å². The zero-order chi connectivity index (χ0) is 11.4. The zero-order valence-electron chi connectivity index (χ0n) is 10.1. The van der Waals surface area contributed by atoms with E-state index < -0.39 is 0 Å². The maximum Gasteiger partial charge on any atom is 0.0725 e. The van der Waals surface area contributed by atoms with Gasteiger partial charge in [-0.3, -0.25) is 0 Å². The summed E-state index contributed by atoms with van der Waals surface area (Å²) in [5.74, 6) is 2.65. The van der Waals surface area contributed by atoms with Crippen LogP contribution in [0.25, 0.3) is 0 Å². The summed E-state index contributed by atoms with van der Waals surface area (Å²) in [4.78, 5) is 0. The van der Waals surface area contributed by atoms with Gasteiger partial charge in [0.15, 0.2) is 0 Å². The fourth-order valence-electron chi connectivity index (χ4n) is 4.03. The van der Waals surface area contributed by atoms with Crippen LogP contribution >= 0.6 is 0 Å². The van der Waals surface area contributed by atoms with E-state index in [0.717, 1.165) is 31.0 Å². The molecule has 2 saturated carbocycles. The first-order chi connectivity index (χ1) is 8.34. The van der Waals surface area contributed by atoms with E-state index in [4.69, 9.17) is 10.5 Å². The Bertz CT molecular complexity index is 446. The molecule has 4 rings (SSSR count). The van der Waals surface area contributed by atoms with Crippen molar-refractivity contribution < 1.29 is 4.74 Å². The van der Waals surface area contributed by atoms with Crippen LogP contribution in [0.15, 0.2) is 18.2 Å². The molecule has 90 valence electrons. The first-order valence-electron chi connectivity index (χ1n) is 6.79. The van der Waals surface area contributed by atoms with Gasteiger partial charge >= 0.3 is 0 Å². The molecule has 0 aromatic heterocycles. The third kappa shape index (κ3) is 1.47. The fourth-order valence-corrected chi connectivity index (χ4v) is 4.03. The van der Waals surface area contributed by atoms with Crippen molar-refractivity contribution in [3.05, 3.63) is 34.9 Å². The lowest BCUT2D eigenvalue weighted by Crippen LogP contribution is -2.15. The molecule has 1 aromatic rings. The molecule has 3 atom stereocenters. The van der Waals surface area contributed by atoms with E-state index in [1.807, 2.05) is 0 Å². The van der Waals surface area contributed by atoms with Crippen molar-refractivity contribution in [1.29, 1.82) is 0 Å². The van der Waals surface area contributed by atoms with Crippen LogP contribution in [0.5, 0.6) is 0 Å². The van der Waals surface area contributed by atoms with E-state index in [0.29, 0.717) is 0 Å². The van der Waals surface area contributed by atoms with E-state index >= 15 is 0 Å². The molecule has 1 aromatic carbocycles. The van der Waals surface area contributed by atoms with Crippen LogP contribution in [0.1, 0.15) is 42.0 Å². The maximum absolute atomic E-state index is 6.44. The van der Waals surface area contributed by atoms with Crippen LogP contribution < -0.4 is 5.73 Å². The van der Waals surface area contributed by atoms with Gasteiger partial charge in [-0.25, -0.2) is 0 Å². The average molecular weight is 229 g/mol. The summed E-state index contributed by atoms with van der Waals surface area (Å²) in [6.45, 7) is 1.55. The minimum Gasteiger partial charge on any atom is -0.372 e. The Kier molecular flexibility index (Phi) is 2.12. The summed E-state index contributed by atoms with van der Waals surface area (Å²) in [6.07, 6.45) is 4.25. The molecule has 3 unspecified atom stereocenters. The standard InChI is InChI=1S/C15H19NO/c16-15(14-12-2-1-3-13(12)14)9-4-5-10-7-17-8-11(10)6-9/h4-6,12-15H,1-3,7-8,16H2. The number of fused-ring (bicyclic) bond motifs is 2. The lowest BCUT2D eigenvalue weighted by molar-refractivity contribution is 0.134. The number of ether oxygens (including phenoxy) is 1. The summed E-state index contributed by atoms with van der Waals surface area (Å²) in [5.41, 5.74) is 10.5. The van der Waals surface area contributed by atoms with Crippen molar-refractivity contribution in [3.8, 4) is 0 Å². The van der Waals surface area contributed by atoms with Gasteiger partial charge in [0.2, 0.25) is 0 Å². The van der Waals surface area contributed by atoms with Gasteiger partial charge < -0.3 is 10.5 Å². The smallest absolute Gasteiger partial charge is 0.0725 e. The Hall–Kier alpha value is -0.860. The SMILES string of the molecule is NC(c1ccc2c(c1)COC2)C1C2CCCC21. The van der Waals surface area contributed by atoms with Crippen molar-refractivity contribution in [2.24, 2.45) is 23.5 Å². The summed E-state index contributed by atoms with van der Waals surface area (Å²) in [7, 11) is 0.